The number of hydrogen-bond donors (Lipinski definition) is 0. The summed E-state index contributed by atoms with van der Waals surface area (Å²) in [5.74, 6) is 0. The largest absolute Gasteiger partial charge is 0.311 e. The smallest absolute Gasteiger partial charge is 0.0819 e. The second kappa shape index (κ2) is 6.63. The number of hydrogen-bond acceptors (Lipinski definition) is 1. The maximum absolute atomic E-state index is 2.35. The standard InChI is InChI=1S/C20H20NSi/c1-22(2)20-16-10-9-15-19(20)21(17-11-5-3-6-12-17)18-13-7-4-8-14-18/h3-16H,1-2H3. The van der Waals surface area contributed by atoms with Gasteiger partial charge in [0.1, 0.15) is 0 Å². The molecule has 1 nitrogen and oxygen atoms in total. The summed E-state index contributed by atoms with van der Waals surface area (Å²) in [5.41, 5.74) is 3.69. The van der Waals surface area contributed by atoms with Crippen LogP contribution in [-0.4, -0.2) is 8.80 Å². The quantitative estimate of drug-likeness (QED) is 0.605. The van der Waals surface area contributed by atoms with Gasteiger partial charge >= 0.3 is 0 Å². The zero-order valence-electron chi connectivity index (χ0n) is 13.0. The third-order valence-electron chi connectivity index (χ3n) is 3.71. The molecule has 0 N–H and O–H groups in total. The average Bonchev–Trinajstić information content (AvgIpc) is 2.57. The topological polar surface area (TPSA) is 3.24 Å². The zero-order valence-corrected chi connectivity index (χ0v) is 14.0. The van der Waals surface area contributed by atoms with E-state index < -0.39 is 8.80 Å². The van der Waals surface area contributed by atoms with Crippen molar-refractivity contribution < 1.29 is 0 Å². The Morgan fingerprint density at radius 1 is 0.591 bits per heavy atom. The highest BCUT2D eigenvalue weighted by molar-refractivity contribution is 6.72. The Morgan fingerprint density at radius 3 is 1.55 bits per heavy atom. The number of rotatable bonds is 4. The van der Waals surface area contributed by atoms with Crippen molar-refractivity contribution in [2.75, 3.05) is 4.90 Å². The minimum absolute atomic E-state index is 0.542. The molecular weight excluding hydrogens is 282 g/mol. The summed E-state index contributed by atoms with van der Waals surface area (Å²) in [6.45, 7) is 4.69. The Balaban J connectivity index is 2.19. The molecule has 0 unspecified atom stereocenters. The predicted molar refractivity (Wildman–Crippen MR) is 98.2 cm³/mol. The molecule has 0 amide bonds. The Labute approximate surface area is 134 Å². The molecule has 0 aliphatic heterocycles. The van der Waals surface area contributed by atoms with Crippen LogP contribution in [0.15, 0.2) is 84.9 Å². The molecule has 3 aromatic carbocycles. The van der Waals surface area contributed by atoms with E-state index in [4.69, 9.17) is 0 Å². The van der Waals surface area contributed by atoms with Crippen LogP contribution in [0.2, 0.25) is 13.1 Å². The maximum atomic E-state index is 2.35. The van der Waals surface area contributed by atoms with Crippen LogP contribution in [0.1, 0.15) is 0 Å². The summed E-state index contributed by atoms with van der Waals surface area (Å²) < 4.78 is 0. The fraction of sp³-hybridized carbons (Fsp3) is 0.100. The van der Waals surface area contributed by atoms with E-state index in [1.807, 2.05) is 0 Å². The van der Waals surface area contributed by atoms with E-state index in [1.54, 1.807) is 0 Å². The van der Waals surface area contributed by atoms with Crippen LogP contribution in [0.3, 0.4) is 0 Å². The fourth-order valence-electron chi connectivity index (χ4n) is 2.67. The van der Waals surface area contributed by atoms with Gasteiger partial charge in [-0.1, -0.05) is 67.7 Å². The van der Waals surface area contributed by atoms with Crippen molar-refractivity contribution in [3.63, 3.8) is 0 Å². The van der Waals surface area contributed by atoms with E-state index in [2.05, 4.69) is 103 Å². The van der Waals surface area contributed by atoms with Crippen LogP contribution >= 0.6 is 0 Å². The van der Waals surface area contributed by atoms with Gasteiger partial charge in [0.2, 0.25) is 0 Å². The SMILES string of the molecule is C[Si](C)c1ccccc1N(c1ccccc1)c1ccccc1. The Hall–Kier alpha value is -2.32. The molecule has 0 aromatic heterocycles. The average molecular weight is 302 g/mol. The lowest BCUT2D eigenvalue weighted by molar-refractivity contribution is 1.29. The molecule has 2 heteroatoms. The molecule has 0 aliphatic carbocycles. The van der Waals surface area contributed by atoms with Gasteiger partial charge in [-0.05, 0) is 35.5 Å². The van der Waals surface area contributed by atoms with E-state index in [0.29, 0.717) is 0 Å². The first-order valence-electron chi connectivity index (χ1n) is 7.57. The van der Waals surface area contributed by atoms with E-state index in [0.717, 1.165) is 0 Å². The molecular formula is C20H20NSi. The second-order valence-electron chi connectivity index (χ2n) is 5.52. The molecule has 0 saturated carbocycles. The number of para-hydroxylation sites is 3. The molecule has 1 radical (unpaired) electrons. The molecule has 0 spiro atoms. The highest BCUT2D eigenvalue weighted by Gasteiger charge is 2.16. The normalized spacial score (nSPS) is 10.7. The Bertz CT molecular complexity index is 683. The van der Waals surface area contributed by atoms with Crippen LogP contribution in [0.5, 0.6) is 0 Å². The van der Waals surface area contributed by atoms with Crippen LogP contribution in [-0.2, 0) is 0 Å². The summed E-state index contributed by atoms with van der Waals surface area (Å²) in [6.07, 6.45) is 0. The van der Waals surface area contributed by atoms with Gasteiger partial charge in [-0.25, -0.2) is 0 Å². The molecule has 0 atom stereocenters. The minimum atomic E-state index is -0.542. The predicted octanol–water partition coefficient (Wildman–Crippen LogP) is 5.12. The van der Waals surface area contributed by atoms with Crippen LogP contribution in [0, 0.1) is 0 Å². The maximum Gasteiger partial charge on any atom is 0.0819 e. The molecule has 0 saturated heterocycles. The van der Waals surface area contributed by atoms with Gasteiger partial charge in [0, 0.05) is 17.1 Å². The zero-order chi connectivity index (χ0) is 15.4. The van der Waals surface area contributed by atoms with Crippen molar-refractivity contribution in [3.05, 3.63) is 84.9 Å². The van der Waals surface area contributed by atoms with Gasteiger partial charge in [-0.3, -0.25) is 0 Å². The van der Waals surface area contributed by atoms with E-state index >= 15 is 0 Å². The van der Waals surface area contributed by atoms with E-state index in [-0.39, 0.29) is 0 Å². The van der Waals surface area contributed by atoms with E-state index in [9.17, 15) is 0 Å². The van der Waals surface area contributed by atoms with Crippen molar-refractivity contribution in [2.45, 2.75) is 13.1 Å². The minimum Gasteiger partial charge on any atom is -0.311 e. The van der Waals surface area contributed by atoms with Gasteiger partial charge in [0.15, 0.2) is 0 Å². The second-order valence-corrected chi connectivity index (χ2v) is 8.06. The Morgan fingerprint density at radius 2 is 1.05 bits per heavy atom. The Kier molecular flexibility index (Phi) is 4.40. The number of anilines is 3. The highest BCUT2D eigenvalue weighted by atomic mass is 28.3. The third-order valence-corrected chi connectivity index (χ3v) is 5.21. The highest BCUT2D eigenvalue weighted by Crippen LogP contribution is 2.33. The summed E-state index contributed by atoms with van der Waals surface area (Å²) >= 11 is 0. The van der Waals surface area contributed by atoms with Crippen LogP contribution in [0.4, 0.5) is 17.1 Å². The monoisotopic (exact) mass is 302 g/mol. The lowest BCUT2D eigenvalue weighted by atomic mass is 10.2. The van der Waals surface area contributed by atoms with Crippen molar-refractivity contribution in [3.8, 4) is 0 Å². The van der Waals surface area contributed by atoms with Crippen LogP contribution in [0.25, 0.3) is 0 Å². The molecule has 3 rings (SSSR count). The summed E-state index contributed by atoms with van der Waals surface area (Å²) in [5, 5.41) is 1.46. The van der Waals surface area contributed by atoms with Crippen LogP contribution < -0.4 is 10.1 Å². The molecule has 109 valence electrons. The molecule has 0 bridgehead atoms. The van der Waals surface area contributed by atoms with Gasteiger partial charge in [0.05, 0.1) is 8.80 Å². The van der Waals surface area contributed by atoms with Crippen molar-refractivity contribution >= 4 is 31.0 Å². The first kappa shape index (κ1) is 14.6. The number of nitrogens with zero attached hydrogens (tertiary/aromatic N) is 1. The molecule has 0 aliphatic rings. The molecule has 3 aromatic rings. The lowest BCUT2D eigenvalue weighted by Gasteiger charge is -2.28. The van der Waals surface area contributed by atoms with Gasteiger partial charge in [0.25, 0.3) is 0 Å². The van der Waals surface area contributed by atoms with Crippen molar-refractivity contribution in [2.24, 2.45) is 0 Å². The molecule has 22 heavy (non-hydrogen) atoms. The summed E-state index contributed by atoms with van der Waals surface area (Å²) in [6, 6.07) is 29.9. The fourth-order valence-corrected chi connectivity index (χ4v) is 3.81. The van der Waals surface area contributed by atoms with Crippen molar-refractivity contribution in [1.82, 2.24) is 0 Å². The lowest BCUT2D eigenvalue weighted by Crippen LogP contribution is -2.29. The van der Waals surface area contributed by atoms with Gasteiger partial charge in [-0.15, -0.1) is 0 Å². The summed E-state index contributed by atoms with van der Waals surface area (Å²) in [7, 11) is -0.542. The van der Waals surface area contributed by atoms with Gasteiger partial charge < -0.3 is 4.90 Å². The first-order chi connectivity index (χ1) is 10.8. The number of benzene rings is 3. The molecule has 0 heterocycles. The van der Waals surface area contributed by atoms with Gasteiger partial charge in [-0.2, -0.15) is 0 Å². The third kappa shape index (κ3) is 2.97. The van der Waals surface area contributed by atoms with Crippen molar-refractivity contribution in [1.29, 1.82) is 0 Å². The van der Waals surface area contributed by atoms with E-state index in [1.165, 1.54) is 22.2 Å². The molecule has 0 fully saturated rings. The summed E-state index contributed by atoms with van der Waals surface area (Å²) in [4.78, 5) is 2.35. The first-order valence-corrected chi connectivity index (χ1v) is 10.1.